The maximum atomic E-state index is 11.6. The number of hydrogen-bond donors (Lipinski definition) is 1. The first-order valence-corrected chi connectivity index (χ1v) is 5.37. The van der Waals surface area contributed by atoms with Crippen LogP contribution in [0.3, 0.4) is 0 Å². The van der Waals surface area contributed by atoms with Gasteiger partial charge in [0.1, 0.15) is 6.42 Å². The number of anilines is 1. The Morgan fingerprint density at radius 2 is 2.17 bits per heavy atom. The third-order valence-electron chi connectivity index (χ3n) is 2.28. The van der Waals surface area contributed by atoms with E-state index >= 15 is 0 Å². The van der Waals surface area contributed by atoms with Crippen LogP contribution in [0.15, 0.2) is 18.3 Å². The molecule has 7 nitrogen and oxygen atoms in total. The van der Waals surface area contributed by atoms with Crippen molar-refractivity contribution >= 4 is 23.5 Å². The summed E-state index contributed by atoms with van der Waals surface area (Å²) in [6.45, 7) is 2.30. The number of pyridine rings is 1. The van der Waals surface area contributed by atoms with Crippen molar-refractivity contribution in [2.45, 2.75) is 13.3 Å². The van der Waals surface area contributed by atoms with E-state index in [-0.39, 0.29) is 6.42 Å². The molecule has 0 bridgehead atoms. The van der Waals surface area contributed by atoms with Crippen molar-refractivity contribution in [3.8, 4) is 5.88 Å². The van der Waals surface area contributed by atoms with Gasteiger partial charge in [0.15, 0.2) is 0 Å². The molecule has 1 aromatic heterocycles. The monoisotopic (exact) mass is 249 g/mol. The minimum absolute atomic E-state index is 0.299. The SMILES string of the molecule is CCOc1ccc(N2C(=O)CC(=O)NC2=O)cn1. The molecule has 1 aliphatic rings. The highest BCUT2D eigenvalue weighted by Crippen LogP contribution is 2.19. The summed E-state index contributed by atoms with van der Waals surface area (Å²) in [5.41, 5.74) is 0.299. The van der Waals surface area contributed by atoms with Gasteiger partial charge in [-0.05, 0) is 13.0 Å². The highest BCUT2D eigenvalue weighted by Gasteiger charge is 2.32. The molecule has 1 aromatic rings. The quantitative estimate of drug-likeness (QED) is 0.786. The third-order valence-corrected chi connectivity index (χ3v) is 2.28. The number of carbonyl (C=O) groups excluding carboxylic acids is 3. The van der Waals surface area contributed by atoms with E-state index < -0.39 is 17.8 Å². The van der Waals surface area contributed by atoms with Gasteiger partial charge in [-0.25, -0.2) is 14.7 Å². The van der Waals surface area contributed by atoms with Crippen LogP contribution in [0.5, 0.6) is 5.88 Å². The molecule has 0 unspecified atom stereocenters. The molecule has 4 amide bonds. The Bertz CT molecular complexity index is 478. The topological polar surface area (TPSA) is 88.6 Å². The zero-order valence-electron chi connectivity index (χ0n) is 9.67. The predicted molar refractivity (Wildman–Crippen MR) is 61.0 cm³/mol. The van der Waals surface area contributed by atoms with Gasteiger partial charge in [0.25, 0.3) is 0 Å². The molecule has 1 saturated heterocycles. The van der Waals surface area contributed by atoms with E-state index in [1.807, 2.05) is 6.92 Å². The van der Waals surface area contributed by atoms with E-state index in [1.165, 1.54) is 12.3 Å². The van der Waals surface area contributed by atoms with Gasteiger partial charge in [-0.2, -0.15) is 0 Å². The number of urea groups is 1. The van der Waals surface area contributed by atoms with Crippen LogP contribution in [-0.2, 0) is 9.59 Å². The maximum Gasteiger partial charge on any atom is 0.335 e. The summed E-state index contributed by atoms with van der Waals surface area (Å²) in [7, 11) is 0. The number of nitrogens with zero attached hydrogens (tertiary/aromatic N) is 2. The Kier molecular flexibility index (Phi) is 3.22. The second-order valence-electron chi connectivity index (χ2n) is 3.55. The van der Waals surface area contributed by atoms with Crippen molar-refractivity contribution < 1.29 is 19.1 Å². The van der Waals surface area contributed by atoms with E-state index in [4.69, 9.17) is 4.74 Å². The van der Waals surface area contributed by atoms with Crippen molar-refractivity contribution in [1.29, 1.82) is 0 Å². The minimum Gasteiger partial charge on any atom is -0.478 e. The van der Waals surface area contributed by atoms with Crippen LogP contribution in [0.1, 0.15) is 13.3 Å². The van der Waals surface area contributed by atoms with Crippen molar-refractivity contribution in [2.24, 2.45) is 0 Å². The lowest BCUT2D eigenvalue weighted by atomic mass is 10.2. The summed E-state index contributed by atoms with van der Waals surface area (Å²) in [6.07, 6.45) is 0.997. The van der Waals surface area contributed by atoms with E-state index in [0.717, 1.165) is 4.90 Å². The minimum atomic E-state index is -0.762. The van der Waals surface area contributed by atoms with E-state index in [0.29, 0.717) is 18.2 Å². The van der Waals surface area contributed by atoms with Crippen LogP contribution in [0, 0.1) is 0 Å². The fourth-order valence-corrected chi connectivity index (χ4v) is 1.55. The number of carbonyl (C=O) groups is 3. The molecule has 1 N–H and O–H groups in total. The molecule has 18 heavy (non-hydrogen) atoms. The lowest BCUT2D eigenvalue weighted by Gasteiger charge is -2.24. The van der Waals surface area contributed by atoms with Gasteiger partial charge in [-0.15, -0.1) is 0 Å². The summed E-state index contributed by atoms with van der Waals surface area (Å²) < 4.78 is 5.15. The molecule has 0 atom stereocenters. The highest BCUT2D eigenvalue weighted by atomic mass is 16.5. The van der Waals surface area contributed by atoms with E-state index in [1.54, 1.807) is 6.07 Å². The largest absolute Gasteiger partial charge is 0.478 e. The molecule has 0 spiro atoms. The summed E-state index contributed by atoms with van der Waals surface area (Å²) in [4.78, 5) is 39.0. The van der Waals surface area contributed by atoms with Gasteiger partial charge in [0, 0.05) is 6.07 Å². The number of nitrogens with one attached hydrogen (secondary N) is 1. The Hall–Kier alpha value is -2.44. The summed E-state index contributed by atoms with van der Waals surface area (Å²) in [5, 5.41) is 2.07. The first kappa shape index (κ1) is 12.0. The van der Waals surface area contributed by atoms with Gasteiger partial charge in [0.05, 0.1) is 18.5 Å². The van der Waals surface area contributed by atoms with Crippen molar-refractivity contribution in [3.05, 3.63) is 18.3 Å². The van der Waals surface area contributed by atoms with Crippen LogP contribution < -0.4 is 15.0 Å². The van der Waals surface area contributed by atoms with Crippen LogP contribution in [0.4, 0.5) is 10.5 Å². The number of ether oxygens (including phenoxy) is 1. The molecule has 94 valence electrons. The highest BCUT2D eigenvalue weighted by molar-refractivity contribution is 6.26. The Morgan fingerprint density at radius 1 is 1.39 bits per heavy atom. The van der Waals surface area contributed by atoms with E-state index in [9.17, 15) is 14.4 Å². The molecule has 7 heteroatoms. The molecule has 0 aromatic carbocycles. The summed E-state index contributed by atoms with van der Waals surface area (Å²) >= 11 is 0. The zero-order valence-corrected chi connectivity index (χ0v) is 9.67. The fourth-order valence-electron chi connectivity index (χ4n) is 1.55. The molecule has 1 aliphatic heterocycles. The Balaban J connectivity index is 2.22. The molecule has 1 fully saturated rings. The Labute approximate surface area is 103 Å². The number of hydrogen-bond acceptors (Lipinski definition) is 5. The fraction of sp³-hybridized carbons (Fsp3) is 0.273. The van der Waals surface area contributed by atoms with Crippen LogP contribution >= 0.6 is 0 Å². The third kappa shape index (κ3) is 2.29. The lowest BCUT2D eigenvalue weighted by Crippen LogP contribution is -2.52. The van der Waals surface area contributed by atoms with Crippen LogP contribution in [0.2, 0.25) is 0 Å². The number of amides is 4. The van der Waals surface area contributed by atoms with Gasteiger partial charge in [-0.1, -0.05) is 0 Å². The summed E-state index contributed by atoms with van der Waals surface area (Å²) in [5.74, 6) is -0.767. The second-order valence-corrected chi connectivity index (χ2v) is 3.55. The van der Waals surface area contributed by atoms with Crippen molar-refractivity contribution in [2.75, 3.05) is 11.5 Å². The van der Waals surface area contributed by atoms with Crippen molar-refractivity contribution in [3.63, 3.8) is 0 Å². The first-order chi connectivity index (χ1) is 8.61. The number of rotatable bonds is 3. The number of imide groups is 2. The zero-order chi connectivity index (χ0) is 13.1. The predicted octanol–water partition coefficient (Wildman–Crippen LogP) is 0.453. The Morgan fingerprint density at radius 3 is 2.72 bits per heavy atom. The summed E-state index contributed by atoms with van der Waals surface area (Å²) in [6, 6.07) is 2.32. The lowest BCUT2D eigenvalue weighted by molar-refractivity contribution is -0.128. The van der Waals surface area contributed by atoms with Crippen LogP contribution in [-0.4, -0.2) is 29.4 Å². The molecule has 2 heterocycles. The molecular formula is C11H11N3O4. The van der Waals surface area contributed by atoms with Crippen LogP contribution in [0.25, 0.3) is 0 Å². The average Bonchev–Trinajstić information content (AvgIpc) is 2.30. The van der Waals surface area contributed by atoms with Crippen molar-refractivity contribution in [1.82, 2.24) is 10.3 Å². The number of barbiturate groups is 1. The molecule has 2 rings (SSSR count). The molecule has 0 saturated carbocycles. The van der Waals surface area contributed by atoms with E-state index in [2.05, 4.69) is 10.3 Å². The average molecular weight is 249 g/mol. The molecule has 0 aliphatic carbocycles. The number of aromatic nitrogens is 1. The van der Waals surface area contributed by atoms with Gasteiger partial charge < -0.3 is 4.74 Å². The normalized spacial score (nSPS) is 15.6. The standard InChI is InChI=1S/C11H11N3O4/c1-2-18-9-4-3-7(6-12-9)14-10(16)5-8(15)13-11(14)17/h3-4,6H,2,5H2,1H3,(H,13,15,17). The molecule has 0 radical (unpaired) electrons. The molecular weight excluding hydrogens is 238 g/mol. The maximum absolute atomic E-state index is 11.6. The van der Waals surface area contributed by atoms with Gasteiger partial charge >= 0.3 is 6.03 Å². The first-order valence-electron chi connectivity index (χ1n) is 5.37. The van der Waals surface area contributed by atoms with Gasteiger partial charge in [0.2, 0.25) is 17.7 Å². The van der Waals surface area contributed by atoms with Gasteiger partial charge in [-0.3, -0.25) is 14.9 Å². The smallest absolute Gasteiger partial charge is 0.335 e. The second kappa shape index (κ2) is 4.82.